The lowest BCUT2D eigenvalue weighted by Gasteiger charge is -2.26. The van der Waals surface area contributed by atoms with E-state index >= 15 is 0 Å². The standard InChI is InChI=1S/C16H22N4OS/c1-4-20-8-6-17-15(20)11-19-7-5-13-12(10-19)9-14(22-13)16(21)18(2)3/h6,8-9H,4-5,7,10-11H2,1-3H3. The van der Waals surface area contributed by atoms with Crippen molar-refractivity contribution in [2.45, 2.75) is 33.0 Å². The van der Waals surface area contributed by atoms with Crippen molar-refractivity contribution in [3.05, 3.63) is 39.6 Å². The molecule has 3 heterocycles. The number of amides is 1. The number of fused-ring (bicyclic) bond motifs is 1. The number of carbonyl (C=O) groups excluding carboxylic acids is 1. The molecule has 1 amide bonds. The van der Waals surface area contributed by atoms with E-state index in [0.717, 1.165) is 43.3 Å². The summed E-state index contributed by atoms with van der Waals surface area (Å²) in [6.45, 7) is 5.89. The highest BCUT2D eigenvalue weighted by Crippen LogP contribution is 2.29. The summed E-state index contributed by atoms with van der Waals surface area (Å²) in [5.74, 6) is 1.22. The Kier molecular flexibility index (Phi) is 4.31. The van der Waals surface area contributed by atoms with Gasteiger partial charge in [0.05, 0.1) is 11.4 Å². The van der Waals surface area contributed by atoms with Crippen molar-refractivity contribution >= 4 is 17.2 Å². The molecule has 0 aliphatic carbocycles. The molecule has 6 heteroatoms. The van der Waals surface area contributed by atoms with Crippen molar-refractivity contribution < 1.29 is 4.79 Å². The molecule has 0 fully saturated rings. The molecule has 0 unspecified atom stereocenters. The van der Waals surface area contributed by atoms with Gasteiger partial charge in [-0.3, -0.25) is 9.69 Å². The SMILES string of the molecule is CCn1ccnc1CN1CCc2sc(C(=O)N(C)C)cc2C1. The molecule has 0 aromatic carbocycles. The van der Waals surface area contributed by atoms with Crippen LogP contribution in [0.15, 0.2) is 18.5 Å². The smallest absolute Gasteiger partial charge is 0.263 e. The summed E-state index contributed by atoms with van der Waals surface area (Å²) in [4.78, 5) is 22.8. The Morgan fingerprint density at radius 2 is 2.27 bits per heavy atom. The van der Waals surface area contributed by atoms with Gasteiger partial charge in [-0.15, -0.1) is 11.3 Å². The Balaban J connectivity index is 1.72. The van der Waals surface area contributed by atoms with Crippen molar-refractivity contribution in [2.75, 3.05) is 20.6 Å². The number of carbonyl (C=O) groups is 1. The molecular weight excluding hydrogens is 296 g/mol. The Labute approximate surface area is 135 Å². The fourth-order valence-corrected chi connectivity index (χ4v) is 4.02. The normalized spacial score (nSPS) is 14.9. The summed E-state index contributed by atoms with van der Waals surface area (Å²) < 4.78 is 2.18. The van der Waals surface area contributed by atoms with E-state index in [9.17, 15) is 4.79 Å². The third-order valence-corrected chi connectivity index (χ3v) is 5.30. The molecule has 2 aromatic rings. The Bertz CT molecular complexity index is 673. The Morgan fingerprint density at radius 3 is 3.00 bits per heavy atom. The lowest BCUT2D eigenvalue weighted by atomic mass is 10.1. The first-order valence-corrected chi connectivity index (χ1v) is 8.45. The molecule has 0 saturated carbocycles. The maximum Gasteiger partial charge on any atom is 0.263 e. The van der Waals surface area contributed by atoms with E-state index in [4.69, 9.17) is 0 Å². The molecule has 0 radical (unpaired) electrons. The van der Waals surface area contributed by atoms with E-state index in [0.29, 0.717) is 0 Å². The number of aryl methyl sites for hydroxylation is 1. The van der Waals surface area contributed by atoms with E-state index in [2.05, 4.69) is 27.4 Å². The summed E-state index contributed by atoms with van der Waals surface area (Å²) in [7, 11) is 3.61. The maximum absolute atomic E-state index is 12.1. The fourth-order valence-electron chi connectivity index (χ4n) is 2.83. The molecule has 3 rings (SSSR count). The van der Waals surface area contributed by atoms with Crippen LogP contribution in [-0.4, -0.2) is 45.9 Å². The summed E-state index contributed by atoms with van der Waals surface area (Å²) in [5.41, 5.74) is 1.30. The highest BCUT2D eigenvalue weighted by atomic mass is 32.1. The van der Waals surface area contributed by atoms with Crippen LogP contribution in [0.3, 0.4) is 0 Å². The third kappa shape index (κ3) is 2.94. The van der Waals surface area contributed by atoms with Crippen molar-refractivity contribution in [1.29, 1.82) is 0 Å². The minimum atomic E-state index is 0.104. The van der Waals surface area contributed by atoms with E-state index in [1.165, 1.54) is 10.4 Å². The summed E-state index contributed by atoms with van der Waals surface area (Å²) >= 11 is 1.65. The summed E-state index contributed by atoms with van der Waals surface area (Å²) in [5, 5.41) is 0. The van der Waals surface area contributed by atoms with E-state index in [1.54, 1.807) is 30.3 Å². The number of imidazole rings is 1. The lowest BCUT2D eigenvalue weighted by Crippen LogP contribution is -2.30. The zero-order chi connectivity index (χ0) is 15.7. The highest BCUT2D eigenvalue weighted by Gasteiger charge is 2.22. The van der Waals surface area contributed by atoms with E-state index in [1.807, 2.05) is 12.4 Å². The molecule has 0 spiro atoms. The molecule has 1 aliphatic heterocycles. The molecule has 0 atom stereocenters. The van der Waals surface area contributed by atoms with Crippen LogP contribution in [0, 0.1) is 0 Å². The average Bonchev–Trinajstić information content (AvgIpc) is 3.11. The molecule has 0 saturated heterocycles. The molecule has 22 heavy (non-hydrogen) atoms. The monoisotopic (exact) mass is 318 g/mol. The highest BCUT2D eigenvalue weighted by molar-refractivity contribution is 7.14. The van der Waals surface area contributed by atoms with Crippen LogP contribution in [-0.2, 0) is 26.1 Å². The topological polar surface area (TPSA) is 41.4 Å². The minimum Gasteiger partial charge on any atom is -0.344 e. The van der Waals surface area contributed by atoms with Crippen molar-refractivity contribution in [1.82, 2.24) is 19.4 Å². The Hall–Kier alpha value is -1.66. The largest absolute Gasteiger partial charge is 0.344 e. The predicted molar refractivity (Wildman–Crippen MR) is 88.1 cm³/mol. The summed E-state index contributed by atoms with van der Waals surface area (Å²) in [6, 6.07) is 2.07. The maximum atomic E-state index is 12.1. The van der Waals surface area contributed by atoms with Crippen molar-refractivity contribution in [3.8, 4) is 0 Å². The zero-order valence-electron chi connectivity index (χ0n) is 13.4. The van der Waals surface area contributed by atoms with Crippen LogP contribution in [0.25, 0.3) is 0 Å². The number of hydrogen-bond acceptors (Lipinski definition) is 4. The first-order chi connectivity index (χ1) is 10.6. The van der Waals surface area contributed by atoms with Crippen LogP contribution < -0.4 is 0 Å². The van der Waals surface area contributed by atoms with Crippen molar-refractivity contribution in [2.24, 2.45) is 0 Å². The van der Waals surface area contributed by atoms with Gasteiger partial charge in [-0.1, -0.05) is 0 Å². The van der Waals surface area contributed by atoms with Gasteiger partial charge in [0.1, 0.15) is 5.82 Å². The second kappa shape index (κ2) is 6.22. The molecule has 118 valence electrons. The van der Waals surface area contributed by atoms with Gasteiger partial charge in [0.25, 0.3) is 5.91 Å². The van der Waals surface area contributed by atoms with Gasteiger partial charge in [-0.2, -0.15) is 0 Å². The predicted octanol–water partition coefficient (Wildman–Crippen LogP) is 2.22. The number of rotatable bonds is 4. The second-order valence-corrected chi connectivity index (χ2v) is 6.99. The molecule has 2 aromatic heterocycles. The first kappa shape index (κ1) is 15.2. The van der Waals surface area contributed by atoms with Gasteiger partial charge >= 0.3 is 0 Å². The van der Waals surface area contributed by atoms with Crippen molar-refractivity contribution in [3.63, 3.8) is 0 Å². The van der Waals surface area contributed by atoms with Crippen LogP contribution in [0.2, 0.25) is 0 Å². The minimum absolute atomic E-state index is 0.104. The molecule has 1 aliphatic rings. The van der Waals surface area contributed by atoms with Gasteiger partial charge in [0.15, 0.2) is 0 Å². The molecular formula is C16H22N4OS. The van der Waals surface area contributed by atoms with Crippen LogP contribution >= 0.6 is 11.3 Å². The van der Waals surface area contributed by atoms with Gasteiger partial charge in [0.2, 0.25) is 0 Å². The molecule has 5 nitrogen and oxygen atoms in total. The summed E-state index contributed by atoms with van der Waals surface area (Å²) in [6.07, 6.45) is 4.92. The van der Waals surface area contributed by atoms with Gasteiger partial charge in [0, 0.05) is 51.0 Å². The molecule has 0 bridgehead atoms. The van der Waals surface area contributed by atoms with Gasteiger partial charge in [-0.05, 0) is 25.0 Å². The Morgan fingerprint density at radius 1 is 1.45 bits per heavy atom. The third-order valence-electron chi connectivity index (χ3n) is 4.07. The van der Waals surface area contributed by atoms with Gasteiger partial charge in [-0.25, -0.2) is 4.98 Å². The number of hydrogen-bond donors (Lipinski definition) is 0. The quantitative estimate of drug-likeness (QED) is 0.868. The number of aromatic nitrogens is 2. The first-order valence-electron chi connectivity index (χ1n) is 7.64. The average molecular weight is 318 g/mol. The van der Waals surface area contributed by atoms with Gasteiger partial charge < -0.3 is 9.47 Å². The molecule has 0 N–H and O–H groups in total. The second-order valence-electron chi connectivity index (χ2n) is 5.85. The fraction of sp³-hybridized carbons (Fsp3) is 0.500. The van der Waals surface area contributed by atoms with Crippen LogP contribution in [0.5, 0.6) is 0 Å². The van der Waals surface area contributed by atoms with Crippen LogP contribution in [0.1, 0.15) is 32.9 Å². The lowest BCUT2D eigenvalue weighted by molar-refractivity contribution is 0.0832. The number of nitrogens with zero attached hydrogens (tertiary/aromatic N) is 4. The van der Waals surface area contributed by atoms with E-state index in [-0.39, 0.29) is 5.91 Å². The van der Waals surface area contributed by atoms with Crippen LogP contribution in [0.4, 0.5) is 0 Å². The zero-order valence-corrected chi connectivity index (χ0v) is 14.2. The van der Waals surface area contributed by atoms with E-state index < -0.39 is 0 Å². The number of thiophene rings is 1.